The Labute approximate surface area is 117 Å². The van der Waals surface area contributed by atoms with Gasteiger partial charge in [0.05, 0.1) is 5.56 Å². The molecular formula is C15H17N3O2. The van der Waals surface area contributed by atoms with Crippen LogP contribution in [0.2, 0.25) is 0 Å². The summed E-state index contributed by atoms with van der Waals surface area (Å²) in [6.07, 6.45) is 2.56. The van der Waals surface area contributed by atoms with Gasteiger partial charge in [0.15, 0.2) is 0 Å². The topological polar surface area (TPSA) is 75.1 Å². The van der Waals surface area contributed by atoms with Gasteiger partial charge < -0.3 is 10.4 Å². The first-order valence-electron chi connectivity index (χ1n) is 6.29. The fourth-order valence-corrected chi connectivity index (χ4v) is 1.69. The number of anilines is 2. The van der Waals surface area contributed by atoms with Crippen LogP contribution in [-0.4, -0.2) is 21.0 Å². The van der Waals surface area contributed by atoms with Gasteiger partial charge in [-0.25, -0.2) is 14.8 Å². The highest BCUT2D eigenvalue weighted by atomic mass is 16.4. The zero-order valence-electron chi connectivity index (χ0n) is 11.7. The predicted molar refractivity (Wildman–Crippen MR) is 77.4 cm³/mol. The first-order valence-corrected chi connectivity index (χ1v) is 6.29. The molecule has 2 aromatic rings. The third kappa shape index (κ3) is 3.32. The normalized spacial score (nSPS) is 11.2. The van der Waals surface area contributed by atoms with Crippen LogP contribution in [0.1, 0.15) is 36.7 Å². The number of carbonyl (C=O) groups is 1. The molecular weight excluding hydrogens is 254 g/mol. The zero-order chi connectivity index (χ0) is 14.8. The molecule has 0 bridgehead atoms. The highest BCUT2D eigenvalue weighted by molar-refractivity contribution is 5.86. The van der Waals surface area contributed by atoms with Crippen LogP contribution in [0, 0.1) is 0 Å². The summed E-state index contributed by atoms with van der Waals surface area (Å²) in [6, 6.07) is 8.01. The summed E-state index contributed by atoms with van der Waals surface area (Å²) >= 11 is 0. The summed E-state index contributed by atoms with van der Waals surface area (Å²) in [5, 5.41) is 11.8. The van der Waals surface area contributed by atoms with E-state index in [-0.39, 0.29) is 11.0 Å². The van der Waals surface area contributed by atoms with E-state index in [9.17, 15) is 4.79 Å². The lowest BCUT2D eigenvalue weighted by Gasteiger charge is -2.19. The summed E-state index contributed by atoms with van der Waals surface area (Å²) in [4.78, 5) is 18.6. The minimum Gasteiger partial charge on any atom is -0.478 e. The lowest BCUT2D eigenvalue weighted by Crippen LogP contribution is -2.10. The van der Waals surface area contributed by atoms with E-state index in [1.165, 1.54) is 18.0 Å². The van der Waals surface area contributed by atoms with E-state index in [0.717, 1.165) is 5.69 Å². The maximum atomic E-state index is 10.7. The van der Waals surface area contributed by atoms with Gasteiger partial charge in [0.25, 0.3) is 0 Å². The number of aromatic nitrogens is 2. The summed E-state index contributed by atoms with van der Waals surface area (Å²) in [7, 11) is 0. The molecule has 0 saturated heterocycles. The number of carboxylic acid groups (broad SMARTS) is 1. The largest absolute Gasteiger partial charge is 0.478 e. The van der Waals surface area contributed by atoms with Crippen LogP contribution in [0.3, 0.4) is 0 Å². The Morgan fingerprint density at radius 3 is 2.10 bits per heavy atom. The van der Waals surface area contributed by atoms with Crippen molar-refractivity contribution in [2.45, 2.75) is 26.2 Å². The Hall–Kier alpha value is -2.43. The van der Waals surface area contributed by atoms with E-state index >= 15 is 0 Å². The van der Waals surface area contributed by atoms with Crippen molar-refractivity contribution in [3.8, 4) is 0 Å². The first-order chi connectivity index (χ1) is 9.36. The lowest BCUT2D eigenvalue weighted by atomic mass is 9.87. The second-order valence-corrected chi connectivity index (χ2v) is 5.55. The molecule has 0 aliphatic rings. The molecule has 0 aliphatic heterocycles. The van der Waals surface area contributed by atoms with E-state index in [0.29, 0.717) is 5.95 Å². The molecule has 1 aromatic heterocycles. The fraction of sp³-hybridized carbons (Fsp3) is 0.267. The van der Waals surface area contributed by atoms with E-state index < -0.39 is 5.97 Å². The number of nitrogens with zero attached hydrogens (tertiary/aromatic N) is 2. The third-order valence-electron chi connectivity index (χ3n) is 2.91. The lowest BCUT2D eigenvalue weighted by molar-refractivity contribution is 0.0696. The van der Waals surface area contributed by atoms with Crippen molar-refractivity contribution in [2.75, 3.05) is 5.32 Å². The van der Waals surface area contributed by atoms with Crippen LogP contribution in [0.25, 0.3) is 0 Å². The monoisotopic (exact) mass is 271 g/mol. The second kappa shape index (κ2) is 5.28. The molecule has 2 rings (SSSR count). The third-order valence-corrected chi connectivity index (χ3v) is 2.91. The smallest absolute Gasteiger partial charge is 0.338 e. The van der Waals surface area contributed by atoms with Crippen molar-refractivity contribution in [3.05, 3.63) is 47.8 Å². The molecule has 0 fully saturated rings. The van der Waals surface area contributed by atoms with Crippen molar-refractivity contribution < 1.29 is 9.90 Å². The molecule has 20 heavy (non-hydrogen) atoms. The quantitative estimate of drug-likeness (QED) is 0.896. The SMILES string of the molecule is CC(C)(C)c1ccc(Nc2ncc(C(=O)O)cn2)cc1. The summed E-state index contributed by atoms with van der Waals surface area (Å²) < 4.78 is 0. The van der Waals surface area contributed by atoms with Gasteiger partial charge in [-0.3, -0.25) is 0 Å². The first kappa shape index (κ1) is 14.0. The molecule has 0 atom stereocenters. The van der Waals surface area contributed by atoms with Crippen molar-refractivity contribution >= 4 is 17.6 Å². The minimum absolute atomic E-state index is 0.0682. The summed E-state index contributed by atoms with van der Waals surface area (Å²) in [5.74, 6) is -0.662. The Bertz CT molecular complexity index is 599. The predicted octanol–water partition coefficient (Wildman–Crippen LogP) is 3.22. The molecule has 0 spiro atoms. The molecule has 0 amide bonds. The molecule has 0 radical (unpaired) electrons. The van der Waals surface area contributed by atoms with E-state index in [1.807, 2.05) is 24.3 Å². The van der Waals surface area contributed by atoms with Crippen LogP contribution in [0.15, 0.2) is 36.7 Å². The number of hydrogen-bond acceptors (Lipinski definition) is 4. The van der Waals surface area contributed by atoms with Crippen molar-refractivity contribution in [2.24, 2.45) is 0 Å². The Morgan fingerprint density at radius 2 is 1.65 bits per heavy atom. The number of aromatic carboxylic acids is 1. The van der Waals surface area contributed by atoms with Gasteiger partial charge in [0.1, 0.15) is 0 Å². The van der Waals surface area contributed by atoms with Crippen LogP contribution in [-0.2, 0) is 5.41 Å². The summed E-state index contributed by atoms with van der Waals surface area (Å²) in [6.45, 7) is 6.47. The minimum atomic E-state index is -1.04. The Morgan fingerprint density at radius 1 is 1.10 bits per heavy atom. The highest BCUT2D eigenvalue weighted by Crippen LogP contribution is 2.24. The molecule has 0 aliphatic carbocycles. The van der Waals surface area contributed by atoms with Crippen LogP contribution < -0.4 is 5.32 Å². The number of benzene rings is 1. The number of rotatable bonds is 3. The van der Waals surface area contributed by atoms with Crippen LogP contribution in [0.5, 0.6) is 0 Å². The molecule has 1 heterocycles. The number of nitrogens with one attached hydrogen (secondary N) is 1. The van der Waals surface area contributed by atoms with Gasteiger partial charge in [-0.2, -0.15) is 0 Å². The standard InChI is InChI=1S/C15H17N3O2/c1-15(2,3)11-4-6-12(7-5-11)18-14-16-8-10(9-17-14)13(19)20/h4-9H,1-3H3,(H,19,20)(H,16,17,18). The van der Waals surface area contributed by atoms with Gasteiger partial charge in [-0.05, 0) is 23.1 Å². The van der Waals surface area contributed by atoms with Crippen LogP contribution >= 0.6 is 0 Å². The molecule has 5 heteroatoms. The van der Waals surface area contributed by atoms with Gasteiger partial charge in [0.2, 0.25) is 5.95 Å². The second-order valence-electron chi connectivity index (χ2n) is 5.55. The molecule has 0 saturated carbocycles. The van der Waals surface area contributed by atoms with E-state index in [4.69, 9.17) is 5.11 Å². The maximum Gasteiger partial charge on any atom is 0.338 e. The molecule has 104 valence electrons. The van der Waals surface area contributed by atoms with Gasteiger partial charge in [-0.1, -0.05) is 32.9 Å². The average molecular weight is 271 g/mol. The van der Waals surface area contributed by atoms with Crippen molar-refractivity contribution in [3.63, 3.8) is 0 Å². The highest BCUT2D eigenvalue weighted by Gasteiger charge is 2.13. The van der Waals surface area contributed by atoms with E-state index in [1.54, 1.807) is 0 Å². The van der Waals surface area contributed by atoms with Crippen molar-refractivity contribution in [1.82, 2.24) is 9.97 Å². The molecule has 5 nitrogen and oxygen atoms in total. The number of carboxylic acids is 1. The maximum absolute atomic E-state index is 10.7. The van der Waals surface area contributed by atoms with Gasteiger partial charge in [0, 0.05) is 18.1 Å². The van der Waals surface area contributed by atoms with Gasteiger partial charge >= 0.3 is 5.97 Å². The fourth-order valence-electron chi connectivity index (χ4n) is 1.69. The van der Waals surface area contributed by atoms with Crippen LogP contribution in [0.4, 0.5) is 11.6 Å². The number of hydrogen-bond donors (Lipinski definition) is 2. The zero-order valence-corrected chi connectivity index (χ0v) is 11.7. The van der Waals surface area contributed by atoms with E-state index in [2.05, 4.69) is 36.1 Å². The Kier molecular flexibility index (Phi) is 3.70. The molecule has 1 aromatic carbocycles. The molecule has 2 N–H and O–H groups in total. The molecule has 0 unspecified atom stereocenters. The Balaban J connectivity index is 2.12. The average Bonchev–Trinajstić information content (AvgIpc) is 2.39. The van der Waals surface area contributed by atoms with Crippen molar-refractivity contribution in [1.29, 1.82) is 0 Å². The summed E-state index contributed by atoms with van der Waals surface area (Å²) in [5.41, 5.74) is 2.28. The van der Waals surface area contributed by atoms with Gasteiger partial charge in [-0.15, -0.1) is 0 Å².